The number of rotatable bonds is 8. The number of H-pyrrole nitrogens is 1. The number of nitrogens with zero attached hydrogens (tertiary/aromatic N) is 2. The molecule has 9 nitrogen and oxygen atoms in total. The van der Waals surface area contributed by atoms with Crippen LogP contribution in [0.15, 0.2) is 36.5 Å². The summed E-state index contributed by atoms with van der Waals surface area (Å²) >= 11 is 5.99. The molecule has 1 aromatic heterocycles. The van der Waals surface area contributed by atoms with Crippen molar-refractivity contribution in [3.05, 3.63) is 64.1 Å². The van der Waals surface area contributed by atoms with E-state index in [0.29, 0.717) is 11.1 Å². The Morgan fingerprint density at radius 2 is 2.13 bits per heavy atom. The van der Waals surface area contributed by atoms with Crippen LogP contribution >= 0.6 is 11.6 Å². The molecule has 0 aliphatic rings. The maximum atomic E-state index is 12.2. The van der Waals surface area contributed by atoms with Crippen LogP contribution in [-0.4, -0.2) is 59.6 Å². The highest BCUT2D eigenvalue weighted by Gasteiger charge is 2.24. The predicted octanol–water partition coefficient (Wildman–Crippen LogP) is -1.09. The van der Waals surface area contributed by atoms with Gasteiger partial charge in [-0.3, -0.25) is 9.89 Å². The number of hydrogen-bond acceptors (Lipinski definition) is 7. The van der Waals surface area contributed by atoms with Gasteiger partial charge in [-0.05, 0) is 42.7 Å². The van der Waals surface area contributed by atoms with Crippen LogP contribution in [0.2, 0.25) is 5.02 Å². The summed E-state index contributed by atoms with van der Waals surface area (Å²) in [5.41, 5.74) is 1.16. The van der Waals surface area contributed by atoms with E-state index < -0.39 is 17.0 Å². The van der Waals surface area contributed by atoms with Crippen LogP contribution in [0.1, 0.15) is 34.2 Å². The minimum absolute atomic E-state index is 0.00869. The summed E-state index contributed by atoms with van der Waals surface area (Å²) in [5, 5.41) is 47.8. The van der Waals surface area contributed by atoms with Gasteiger partial charge in [-0.2, -0.15) is 10.4 Å². The van der Waals surface area contributed by atoms with Gasteiger partial charge in [-0.15, -0.1) is 0 Å². The highest BCUT2D eigenvalue weighted by Crippen LogP contribution is 2.17. The van der Waals surface area contributed by atoms with E-state index in [1.807, 2.05) is 21.8 Å². The van der Waals surface area contributed by atoms with Crippen LogP contribution in [-0.2, 0) is 5.79 Å². The Labute approximate surface area is 180 Å². The molecule has 0 spiro atoms. The van der Waals surface area contributed by atoms with Crippen LogP contribution in [0.3, 0.4) is 0 Å². The maximum absolute atomic E-state index is 12.2. The number of aromatic amines is 1. The molecule has 0 saturated heterocycles. The second kappa shape index (κ2) is 9.17. The number of aliphatic hydroxyl groups is 2. The summed E-state index contributed by atoms with van der Waals surface area (Å²) in [4.78, 5) is 12.2. The number of nitrogens with one attached hydrogen (secondary N) is 4. The second-order valence-electron chi connectivity index (χ2n) is 7.45. The molecular formula is C18H21B2ClN6O3. The molecule has 6 N–H and O–H groups in total. The quantitative estimate of drug-likeness (QED) is 0.179. The standard InChI is InChI=1S/C18H21B2ClN6O3/c1-17(29,30)15-7-14(26-27-15)16(28)24-9-18(19,20)25-5-4-13(23)10-2-3-11(8-22)12(21)6-10/h2-7,23,25,29-30H,9,19-20H2,1H3,(H,24,28)(H,26,27)/b5-4-,23-13?. The van der Waals surface area contributed by atoms with Crippen molar-refractivity contribution in [2.24, 2.45) is 0 Å². The Kier molecular flexibility index (Phi) is 7.10. The second-order valence-corrected chi connectivity index (χ2v) is 7.86. The molecule has 0 aliphatic heterocycles. The largest absolute Gasteiger partial charge is 0.399 e. The molecule has 0 saturated carbocycles. The van der Waals surface area contributed by atoms with Crippen molar-refractivity contribution in [2.45, 2.75) is 18.0 Å². The van der Waals surface area contributed by atoms with E-state index in [9.17, 15) is 15.0 Å². The number of nitriles is 1. The van der Waals surface area contributed by atoms with Gasteiger partial charge in [0, 0.05) is 12.1 Å². The van der Waals surface area contributed by atoms with E-state index in [0.717, 1.165) is 6.92 Å². The summed E-state index contributed by atoms with van der Waals surface area (Å²) in [6, 6.07) is 7.99. The van der Waals surface area contributed by atoms with Crippen molar-refractivity contribution in [1.82, 2.24) is 20.8 Å². The number of halogens is 1. The molecule has 0 unspecified atom stereocenters. The summed E-state index contributed by atoms with van der Waals surface area (Å²) in [5.74, 6) is -2.58. The van der Waals surface area contributed by atoms with Crippen LogP contribution in [0, 0.1) is 16.7 Å². The number of hydrogen-bond donors (Lipinski definition) is 6. The fourth-order valence-electron chi connectivity index (χ4n) is 2.34. The van der Waals surface area contributed by atoms with Crippen molar-refractivity contribution in [2.75, 3.05) is 6.54 Å². The predicted molar refractivity (Wildman–Crippen MR) is 118 cm³/mol. The normalized spacial score (nSPS) is 11.8. The Morgan fingerprint density at radius 1 is 1.43 bits per heavy atom. The molecule has 2 aromatic rings. The lowest BCUT2D eigenvalue weighted by Gasteiger charge is -2.25. The smallest absolute Gasteiger partial charge is 0.271 e. The molecule has 0 bridgehead atoms. The highest BCUT2D eigenvalue weighted by molar-refractivity contribution is 6.40. The van der Waals surface area contributed by atoms with Gasteiger partial charge in [-0.1, -0.05) is 17.7 Å². The highest BCUT2D eigenvalue weighted by atomic mass is 35.5. The first-order valence-electron chi connectivity index (χ1n) is 8.94. The van der Waals surface area contributed by atoms with Gasteiger partial charge in [0.15, 0.2) is 0 Å². The Balaban J connectivity index is 1.91. The molecule has 154 valence electrons. The monoisotopic (exact) mass is 426 g/mol. The molecule has 0 atom stereocenters. The molecular weight excluding hydrogens is 405 g/mol. The molecule has 1 aromatic carbocycles. The van der Waals surface area contributed by atoms with Crippen molar-refractivity contribution in [1.29, 1.82) is 10.7 Å². The third kappa shape index (κ3) is 6.22. The third-order valence-electron chi connectivity index (χ3n) is 4.14. The summed E-state index contributed by atoms with van der Waals surface area (Å²) in [7, 11) is 3.71. The fourth-order valence-corrected chi connectivity index (χ4v) is 2.57. The minimum atomic E-state index is -2.11. The van der Waals surface area contributed by atoms with Crippen molar-refractivity contribution < 1.29 is 15.0 Å². The van der Waals surface area contributed by atoms with E-state index >= 15 is 0 Å². The first-order valence-corrected chi connectivity index (χ1v) is 9.32. The molecule has 2 rings (SSSR count). The van der Waals surface area contributed by atoms with Gasteiger partial charge < -0.3 is 26.3 Å². The fraction of sp³-hybridized carbons (Fsp3) is 0.222. The van der Waals surface area contributed by atoms with Gasteiger partial charge in [-0.25, -0.2) is 0 Å². The van der Waals surface area contributed by atoms with Gasteiger partial charge >= 0.3 is 0 Å². The van der Waals surface area contributed by atoms with Gasteiger partial charge in [0.05, 0.1) is 22.0 Å². The third-order valence-corrected chi connectivity index (χ3v) is 4.45. The molecule has 0 fully saturated rings. The number of carbonyl (C=O) groups is 1. The lowest BCUT2D eigenvalue weighted by molar-refractivity contribution is -0.155. The summed E-state index contributed by atoms with van der Waals surface area (Å²) in [6.45, 7) is 1.40. The lowest BCUT2D eigenvalue weighted by atomic mass is 9.62. The summed E-state index contributed by atoms with van der Waals surface area (Å²) < 4.78 is 0. The molecule has 30 heavy (non-hydrogen) atoms. The van der Waals surface area contributed by atoms with Gasteiger partial charge in [0.1, 0.15) is 27.5 Å². The van der Waals surface area contributed by atoms with Crippen molar-refractivity contribution >= 4 is 38.9 Å². The molecule has 0 radical (unpaired) electrons. The van der Waals surface area contributed by atoms with Crippen LogP contribution in [0.25, 0.3) is 0 Å². The van der Waals surface area contributed by atoms with Crippen LogP contribution < -0.4 is 10.6 Å². The molecule has 0 aliphatic carbocycles. The molecule has 12 heteroatoms. The summed E-state index contributed by atoms with van der Waals surface area (Å²) in [6.07, 6.45) is 3.14. The Hall–Kier alpha value is -3.06. The average Bonchev–Trinajstić information content (AvgIpc) is 3.16. The zero-order chi connectivity index (χ0) is 22.5. The number of aromatic nitrogens is 2. The van der Waals surface area contributed by atoms with E-state index in [1.54, 1.807) is 30.5 Å². The average molecular weight is 426 g/mol. The Bertz CT molecular complexity index is 1020. The first-order chi connectivity index (χ1) is 13.9. The van der Waals surface area contributed by atoms with E-state index in [-0.39, 0.29) is 28.7 Å². The zero-order valence-electron chi connectivity index (χ0n) is 16.7. The van der Waals surface area contributed by atoms with E-state index in [1.165, 1.54) is 6.07 Å². The van der Waals surface area contributed by atoms with Crippen molar-refractivity contribution in [3.63, 3.8) is 0 Å². The van der Waals surface area contributed by atoms with Gasteiger partial charge in [0.25, 0.3) is 5.91 Å². The first kappa shape index (κ1) is 23.2. The number of amides is 1. The maximum Gasteiger partial charge on any atom is 0.271 e. The topological polar surface area (TPSA) is 158 Å². The number of allylic oxidation sites excluding steroid dienone is 1. The van der Waals surface area contributed by atoms with E-state index in [2.05, 4.69) is 20.8 Å². The van der Waals surface area contributed by atoms with Gasteiger partial charge in [0.2, 0.25) is 5.79 Å². The van der Waals surface area contributed by atoms with Crippen LogP contribution in [0.4, 0.5) is 0 Å². The SMILES string of the molecule is BC(B)(CNC(=O)c1cc(C(C)(O)O)[nH]n1)N/C=C\C(=N)c1ccc(C#N)c(Cl)c1. The minimum Gasteiger partial charge on any atom is -0.399 e. The van der Waals surface area contributed by atoms with Crippen LogP contribution in [0.5, 0.6) is 0 Å². The van der Waals surface area contributed by atoms with Crippen molar-refractivity contribution in [3.8, 4) is 6.07 Å². The lowest BCUT2D eigenvalue weighted by Crippen LogP contribution is -2.52. The zero-order valence-corrected chi connectivity index (χ0v) is 17.5. The number of benzene rings is 1. The molecule has 1 amide bonds. The number of carbonyl (C=O) groups excluding carboxylic acids is 1. The molecule has 1 heterocycles. The van der Waals surface area contributed by atoms with E-state index in [4.69, 9.17) is 22.3 Å². The Morgan fingerprint density at radius 3 is 2.70 bits per heavy atom.